The first-order chi connectivity index (χ1) is 6.71. The van der Waals surface area contributed by atoms with Crippen molar-refractivity contribution in [2.24, 2.45) is 0 Å². The molecule has 1 aromatic carbocycles. The third-order valence-electron chi connectivity index (χ3n) is 2.85. The maximum Gasteiger partial charge on any atom is 0.115 e. The number of hydrogen-bond acceptors (Lipinski definition) is 2. The molecule has 76 valence electrons. The zero-order valence-corrected chi connectivity index (χ0v) is 8.44. The summed E-state index contributed by atoms with van der Waals surface area (Å²) >= 11 is 0. The fourth-order valence-corrected chi connectivity index (χ4v) is 1.56. The van der Waals surface area contributed by atoms with Crippen LogP contribution in [-0.2, 0) is 11.2 Å². The molecule has 2 nitrogen and oxygen atoms in total. The molecule has 0 aliphatic carbocycles. The summed E-state index contributed by atoms with van der Waals surface area (Å²) in [4.78, 5) is 0. The van der Waals surface area contributed by atoms with E-state index in [0.717, 1.165) is 12.8 Å². The molecule has 1 saturated heterocycles. The lowest BCUT2D eigenvalue weighted by Gasteiger charge is -2.14. The second kappa shape index (κ2) is 3.71. The molecule has 0 aromatic heterocycles. The summed E-state index contributed by atoms with van der Waals surface area (Å²) in [6.45, 7) is 2.66. The summed E-state index contributed by atoms with van der Waals surface area (Å²) in [5.74, 6) is 0. The van der Waals surface area contributed by atoms with E-state index in [1.807, 2.05) is 25.1 Å². The number of benzene rings is 1. The Kier molecular flexibility index (Phi) is 2.57. The summed E-state index contributed by atoms with van der Waals surface area (Å²) in [5, 5.41) is 9.78. The van der Waals surface area contributed by atoms with Gasteiger partial charge in [-0.25, -0.2) is 0 Å². The van der Waals surface area contributed by atoms with E-state index in [0.29, 0.717) is 6.61 Å². The van der Waals surface area contributed by atoms with E-state index in [4.69, 9.17) is 4.74 Å². The molecule has 1 fully saturated rings. The number of rotatable bonds is 4. The van der Waals surface area contributed by atoms with Gasteiger partial charge in [-0.05, 0) is 25.3 Å². The Morgan fingerprint density at radius 2 is 2.07 bits per heavy atom. The van der Waals surface area contributed by atoms with Crippen molar-refractivity contribution in [3.63, 3.8) is 0 Å². The number of hydrogen-bond donors (Lipinski definition) is 1. The predicted octanol–water partition coefficient (Wildman–Crippen LogP) is 1.77. The van der Waals surface area contributed by atoms with Gasteiger partial charge in [0.2, 0.25) is 0 Å². The first-order valence-electron chi connectivity index (χ1n) is 5.07. The topological polar surface area (TPSA) is 32.8 Å². The van der Waals surface area contributed by atoms with Gasteiger partial charge in [0.25, 0.3) is 0 Å². The highest BCUT2D eigenvalue weighted by Gasteiger charge is 2.45. The Balaban J connectivity index is 1.83. The molecule has 1 aliphatic heterocycles. The average molecular weight is 192 g/mol. The lowest BCUT2D eigenvalue weighted by molar-refractivity contribution is 0.0778. The minimum atomic E-state index is -0.331. The molecule has 0 saturated carbocycles. The van der Waals surface area contributed by atoms with Crippen molar-refractivity contribution in [2.75, 3.05) is 6.61 Å². The van der Waals surface area contributed by atoms with Gasteiger partial charge in [0, 0.05) is 0 Å². The Morgan fingerprint density at radius 3 is 2.64 bits per heavy atom. The molecule has 2 atom stereocenters. The Hall–Kier alpha value is -0.860. The number of epoxide rings is 1. The van der Waals surface area contributed by atoms with E-state index in [1.165, 1.54) is 5.56 Å². The van der Waals surface area contributed by atoms with Crippen LogP contribution < -0.4 is 0 Å². The highest BCUT2D eigenvalue weighted by molar-refractivity contribution is 5.15. The van der Waals surface area contributed by atoms with Gasteiger partial charge < -0.3 is 9.84 Å². The summed E-state index contributed by atoms with van der Waals surface area (Å²) in [5.41, 5.74) is 1.02. The van der Waals surface area contributed by atoms with Gasteiger partial charge in [-0.2, -0.15) is 0 Å². The Labute approximate surface area is 84.5 Å². The maximum atomic E-state index is 9.78. The highest BCUT2D eigenvalue weighted by Crippen LogP contribution is 2.32. The average Bonchev–Trinajstić information content (AvgIpc) is 2.96. The largest absolute Gasteiger partial charge is 0.390 e. The normalized spacial score (nSPS) is 27.3. The van der Waals surface area contributed by atoms with Gasteiger partial charge in [0.05, 0.1) is 12.7 Å². The molecule has 2 heteroatoms. The van der Waals surface area contributed by atoms with E-state index in [-0.39, 0.29) is 11.7 Å². The van der Waals surface area contributed by atoms with Crippen LogP contribution in [-0.4, -0.2) is 23.4 Å². The molecule has 0 amide bonds. The van der Waals surface area contributed by atoms with Crippen molar-refractivity contribution in [3.05, 3.63) is 35.9 Å². The van der Waals surface area contributed by atoms with Gasteiger partial charge in [-0.3, -0.25) is 0 Å². The van der Waals surface area contributed by atoms with E-state index in [1.54, 1.807) is 0 Å². The van der Waals surface area contributed by atoms with Crippen LogP contribution in [0.25, 0.3) is 0 Å². The predicted molar refractivity (Wildman–Crippen MR) is 55.1 cm³/mol. The van der Waals surface area contributed by atoms with Gasteiger partial charge in [0.15, 0.2) is 0 Å². The van der Waals surface area contributed by atoms with E-state index >= 15 is 0 Å². The molecule has 0 spiro atoms. The number of aryl methyl sites for hydroxylation is 1. The lowest BCUT2D eigenvalue weighted by Crippen LogP contribution is -2.26. The van der Waals surface area contributed by atoms with Gasteiger partial charge >= 0.3 is 0 Å². The molecular formula is C12H16O2. The fraction of sp³-hybridized carbons (Fsp3) is 0.500. The minimum absolute atomic E-state index is 0.255. The molecule has 1 heterocycles. The SMILES string of the molecule is CC1(C(O)CCc2ccccc2)CO1. The van der Waals surface area contributed by atoms with Crippen molar-refractivity contribution in [1.82, 2.24) is 0 Å². The highest BCUT2D eigenvalue weighted by atomic mass is 16.6. The van der Waals surface area contributed by atoms with Crippen molar-refractivity contribution >= 4 is 0 Å². The zero-order chi connectivity index (χ0) is 10.0. The van der Waals surface area contributed by atoms with Crippen LogP contribution in [0.15, 0.2) is 30.3 Å². The van der Waals surface area contributed by atoms with Crippen molar-refractivity contribution < 1.29 is 9.84 Å². The van der Waals surface area contributed by atoms with Crippen LogP contribution in [0, 0.1) is 0 Å². The standard InChI is InChI=1S/C12H16O2/c1-12(9-14-12)11(13)8-7-10-5-3-2-4-6-10/h2-6,11,13H,7-9H2,1H3. The smallest absolute Gasteiger partial charge is 0.115 e. The molecule has 0 bridgehead atoms. The minimum Gasteiger partial charge on any atom is -0.390 e. The third kappa shape index (κ3) is 2.14. The summed E-state index contributed by atoms with van der Waals surface area (Å²) in [7, 11) is 0. The number of aliphatic hydroxyl groups is 1. The molecule has 2 unspecified atom stereocenters. The summed E-state index contributed by atoms with van der Waals surface area (Å²) in [6, 6.07) is 10.2. The van der Waals surface area contributed by atoms with Crippen LogP contribution in [0.5, 0.6) is 0 Å². The monoisotopic (exact) mass is 192 g/mol. The van der Waals surface area contributed by atoms with Crippen molar-refractivity contribution in [2.45, 2.75) is 31.5 Å². The molecule has 14 heavy (non-hydrogen) atoms. The van der Waals surface area contributed by atoms with Gasteiger partial charge in [-0.15, -0.1) is 0 Å². The molecular weight excluding hydrogens is 176 g/mol. The lowest BCUT2D eigenvalue weighted by atomic mass is 9.99. The third-order valence-corrected chi connectivity index (χ3v) is 2.85. The van der Waals surface area contributed by atoms with Crippen LogP contribution in [0.1, 0.15) is 18.9 Å². The van der Waals surface area contributed by atoms with E-state index in [2.05, 4.69) is 12.1 Å². The maximum absolute atomic E-state index is 9.78. The first-order valence-corrected chi connectivity index (χ1v) is 5.07. The van der Waals surface area contributed by atoms with Crippen molar-refractivity contribution in [1.29, 1.82) is 0 Å². The van der Waals surface area contributed by atoms with Gasteiger partial charge in [-0.1, -0.05) is 30.3 Å². The molecule has 1 N–H and O–H groups in total. The van der Waals surface area contributed by atoms with E-state index < -0.39 is 0 Å². The molecule has 2 rings (SSSR count). The quantitative estimate of drug-likeness (QED) is 0.737. The van der Waals surface area contributed by atoms with Crippen LogP contribution in [0.2, 0.25) is 0 Å². The van der Waals surface area contributed by atoms with Crippen LogP contribution >= 0.6 is 0 Å². The zero-order valence-electron chi connectivity index (χ0n) is 8.44. The van der Waals surface area contributed by atoms with Gasteiger partial charge in [0.1, 0.15) is 5.60 Å². The molecule has 1 aromatic rings. The second-order valence-corrected chi connectivity index (χ2v) is 4.14. The molecule has 1 aliphatic rings. The Bertz CT molecular complexity index is 290. The van der Waals surface area contributed by atoms with Crippen LogP contribution in [0.4, 0.5) is 0 Å². The van der Waals surface area contributed by atoms with Crippen LogP contribution in [0.3, 0.4) is 0 Å². The number of ether oxygens (including phenoxy) is 1. The first kappa shape index (κ1) is 9.69. The second-order valence-electron chi connectivity index (χ2n) is 4.14. The fourth-order valence-electron chi connectivity index (χ4n) is 1.56. The van der Waals surface area contributed by atoms with E-state index in [9.17, 15) is 5.11 Å². The Morgan fingerprint density at radius 1 is 1.43 bits per heavy atom. The number of aliphatic hydroxyl groups excluding tert-OH is 1. The summed E-state index contributed by atoms with van der Waals surface area (Å²) in [6.07, 6.45) is 1.37. The molecule has 0 radical (unpaired) electrons. The summed E-state index contributed by atoms with van der Waals surface area (Å²) < 4.78 is 5.20. The van der Waals surface area contributed by atoms with Crippen molar-refractivity contribution in [3.8, 4) is 0 Å².